The first-order chi connectivity index (χ1) is 14.0. The van der Waals surface area contributed by atoms with Crippen LogP contribution in [0.15, 0.2) is 91.0 Å². The van der Waals surface area contributed by atoms with E-state index in [1.165, 1.54) is 27.8 Å². The zero-order valence-corrected chi connectivity index (χ0v) is 18.2. The molecule has 4 aromatic rings. The van der Waals surface area contributed by atoms with Crippen LogP contribution in [-0.2, 0) is 5.41 Å². The zero-order valence-electron chi connectivity index (χ0n) is 17.2. The Balaban J connectivity index is 1.86. The number of hydrogen-bond acceptors (Lipinski definition) is 0. The number of benzene rings is 4. The van der Waals surface area contributed by atoms with E-state index < -0.39 is 8.07 Å². The Hall–Kier alpha value is -2.90. The molecule has 0 bridgehead atoms. The van der Waals surface area contributed by atoms with Crippen molar-refractivity contribution in [3.63, 3.8) is 0 Å². The molecule has 0 fully saturated rings. The van der Waals surface area contributed by atoms with Gasteiger partial charge in [0.25, 0.3) is 0 Å². The molecule has 29 heavy (non-hydrogen) atoms. The quantitative estimate of drug-likeness (QED) is 0.340. The van der Waals surface area contributed by atoms with Gasteiger partial charge in [-0.25, -0.2) is 0 Å². The van der Waals surface area contributed by atoms with Gasteiger partial charge in [0.2, 0.25) is 0 Å². The molecule has 0 aromatic heterocycles. The van der Waals surface area contributed by atoms with Crippen molar-refractivity contribution in [2.24, 2.45) is 0 Å². The van der Waals surface area contributed by atoms with Crippen molar-refractivity contribution in [3.8, 4) is 22.3 Å². The Kier molecular flexibility index (Phi) is 3.27. The van der Waals surface area contributed by atoms with Crippen molar-refractivity contribution in [2.45, 2.75) is 26.2 Å². The second-order valence-electron chi connectivity index (χ2n) is 9.36. The van der Waals surface area contributed by atoms with Gasteiger partial charge in [-0.1, -0.05) is 112 Å². The Labute approximate surface area is 173 Å². The summed E-state index contributed by atoms with van der Waals surface area (Å²) in [6.45, 7) is 7.02. The lowest BCUT2D eigenvalue weighted by Crippen LogP contribution is -2.70. The molecule has 0 radical (unpaired) electrons. The largest absolute Gasteiger partial charge is 0.182 e. The molecule has 2 heterocycles. The summed E-state index contributed by atoms with van der Waals surface area (Å²) in [5.74, 6) is 0. The lowest BCUT2D eigenvalue weighted by Gasteiger charge is -2.29. The minimum Gasteiger partial charge on any atom is -0.0623 e. The van der Waals surface area contributed by atoms with Gasteiger partial charge in [-0.05, 0) is 54.0 Å². The van der Waals surface area contributed by atoms with Crippen molar-refractivity contribution < 1.29 is 0 Å². The predicted molar refractivity (Wildman–Crippen MR) is 127 cm³/mol. The van der Waals surface area contributed by atoms with E-state index in [0.29, 0.717) is 0 Å². The van der Waals surface area contributed by atoms with Crippen LogP contribution in [0.25, 0.3) is 22.3 Å². The van der Waals surface area contributed by atoms with Gasteiger partial charge in [0, 0.05) is 0 Å². The van der Waals surface area contributed by atoms with E-state index in [-0.39, 0.29) is 5.41 Å². The van der Waals surface area contributed by atoms with Gasteiger partial charge in [0.1, 0.15) is 0 Å². The third-order valence-corrected chi connectivity index (χ3v) is 11.8. The van der Waals surface area contributed by atoms with E-state index in [0.717, 1.165) is 0 Å². The molecule has 0 aliphatic carbocycles. The molecule has 2 aliphatic rings. The van der Waals surface area contributed by atoms with Gasteiger partial charge in [-0.15, -0.1) is 0 Å². The summed E-state index contributed by atoms with van der Waals surface area (Å²) in [6, 6.07) is 34.6. The van der Waals surface area contributed by atoms with Gasteiger partial charge < -0.3 is 0 Å². The minimum absolute atomic E-state index is 0.107. The van der Waals surface area contributed by atoms with E-state index in [4.69, 9.17) is 0 Å². The monoisotopic (exact) mass is 388 g/mol. The highest BCUT2D eigenvalue weighted by atomic mass is 28.3. The summed E-state index contributed by atoms with van der Waals surface area (Å²) in [6.07, 6.45) is 0. The molecule has 0 atom stereocenters. The maximum absolute atomic E-state index is 2.43. The minimum atomic E-state index is -2.26. The molecular weight excluding hydrogens is 364 g/mol. The molecule has 4 aromatic carbocycles. The van der Waals surface area contributed by atoms with Crippen LogP contribution in [0, 0.1) is 0 Å². The van der Waals surface area contributed by atoms with Gasteiger partial charge in [0.15, 0.2) is 8.07 Å². The fourth-order valence-corrected chi connectivity index (χ4v) is 11.4. The van der Waals surface area contributed by atoms with E-state index in [9.17, 15) is 0 Å². The van der Waals surface area contributed by atoms with Crippen LogP contribution in [0.1, 0.15) is 26.3 Å². The molecule has 0 unspecified atom stereocenters. The van der Waals surface area contributed by atoms with E-state index in [1.54, 1.807) is 20.7 Å². The number of hydrogen-bond donors (Lipinski definition) is 0. The zero-order chi connectivity index (χ0) is 19.8. The lowest BCUT2D eigenvalue weighted by molar-refractivity contribution is 0.592. The van der Waals surface area contributed by atoms with E-state index in [1.807, 2.05) is 0 Å². The second-order valence-corrected chi connectivity index (χ2v) is 13.0. The first-order valence-electron chi connectivity index (χ1n) is 10.5. The summed E-state index contributed by atoms with van der Waals surface area (Å²) in [7, 11) is -2.26. The van der Waals surface area contributed by atoms with Gasteiger partial charge in [-0.3, -0.25) is 0 Å². The number of fused-ring (bicyclic) bond motifs is 10. The molecule has 2 aliphatic heterocycles. The summed E-state index contributed by atoms with van der Waals surface area (Å²) in [4.78, 5) is 0. The van der Waals surface area contributed by atoms with E-state index >= 15 is 0 Å². The molecule has 0 nitrogen and oxygen atoms in total. The standard InChI is InChI=1S/C28H24Si/c1-28(2,3)22-14-10-18-26-27(22)21-13-6-9-17-25(21)29(26)23-15-7-4-11-19(23)20-12-5-8-16-24(20)29/h4-18H,1-3H3. The third kappa shape index (κ3) is 1.99. The van der Waals surface area contributed by atoms with Crippen LogP contribution in [-0.4, -0.2) is 8.07 Å². The maximum atomic E-state index is 2.43. The average molecular weight is 389 g/mol. The van der Waals surface area contributed by atoms with Crippen molar-refractivity contribution >= 4 is 28.8 Å². The van der Waals surface area contributed by atoms with Crippen molar-refractivity contribution in [1.29, 1.82) is 0 Å². The predicted octanol–water partition coefficient (Wildman–Crippen LogP) is 4.32. The smallest absolute Gasteiger partial charge is 0.0623 e. The van der Waals surface area contributed by atoms with Crippen molar-refractivity contribution in [1.82, 2.24) is 0 Å². The SMILES string of the molecule is CC(C)(C)c1cccc2c1-c1ccccc1[Si]21c2ccccc2-c2ccccc21. The van der Waals surface area contributed by atoms with Crippen LogP contribution in [0.3, 0.4) is 0 Å². The van der Waals surface area contributed by atoms with Crippen LogP contribution in [0.4, 0.5) is 0 Å². The molecule has 6 rings (SSSR count). The van der Waals surface area contributed by atoms with Crippen LogP contribution in [0.2, 0.25) is 0 Å². The van der Waals surface area contributed by atoms with Gasteiger partial charge in [-0.2, -0.15) is 0 Å². The van der Waals surface area contributed by atoms with Gasteiger partial charge >= 0.3 is 0 Å². The fourth-order valence-electron chi connectivity index (χ4n) is 5.77. The Morgan fingerprint density at radius 1 is 0.483 bits per heavy atom. The van der Waals surface area contributed by atoms with Crippen LogP contribution >= 0.6 is 0 Å². The van der Waals surface area contributed by atoms with Crippen molar-refractivity contribution in [3.05, 3.63) is 96.6 Å². The van der Waals surface area contributed by atoms with Crippen LogP contribution < -0.4 is 20.7 Å². The Morgan fingerprint density at radius 3 is 1.48 bits per heavy atom. The summed E-state index contributed by atoms with van der Waals surface area (Å²) in [5, 5.41) is 6.24. The average Bonchev–Trinajstić information content (AvgIpc) is 3.21. The molecule has 140 valence electrons. The topological polar surface area (TPSA) is 0 Å². The maximum Gasteiger partial charge on any atom is 0.182 e. The molecule has 0 amide bonds. The molecule has 0 saturated heterocycles. The molecule has 0 saturated carbocycles. The highest BCUT2D eigenvalue weighted by Gasteiger charge is 2.54. The van der Waals surface area contributed by atoms with E-state index in [2.05, 4.69) is 112 Å². The molecular formula is C28H24Si. The van der Waals surface area contributed by atoms with Crippen molar-refractivity contribution in [2.75, 3.05) is 0 Å². The highest BCUT2D eigenvalue weighted by molar-refractivity contribution is 7.24. The van der Waals surface area contributed by atoms with Crippen LogP contribution in [0.5, 0.6) is 0 Å². The number of rotatable bonds is 0. The third-order valence-electron chi connectivity index (χ3n) is 6.83. The first kappa shape index (κ1) is 17.0. The Morgan fingerprint density at radius 2 is 0.931 bits per heavy atom. The summed E-state index contributed by atoms with van der Waals surface area (Å²) >= 11 is 0. The second kappa shape index (κ2) is 5.58. The fraction of sp³-hybridized carbons (Fsp3) is 0.143. The summed E-state index contributed by atoms with van der Waals surface area (Å²) in [5.41, 5.74) is 7.38. The molecule has 1 heteroatoms. The Bertz CT molecular complexity index is 1240. The van der Waals surface area contributed by atoms with Gasteiger partial charge in [0.05, 0.1) is 0 Å². The summed E-state index contributed by atoms with van der Waals surface area (Å²) < 4.78 is 0. The first-order valence-corrected chi connectivity index (χ1v) is 12.5. The molecule has 0 N–H and O–H groups in total. The normalized spacial score (nSPS) is 15.0. The molecule has 1 spiro atoms. The lowest BCUT2D eigenvalue weighted by atomic mass is 9.82. The highest BCUT2D eigenvalue weighted by Crippen LogP contribution is 2.40.